The number of H-pyrrole nitrogens is 1. The summed E-state index contributed by atoms with van der Waals surface area (Å²) in [5, 5.41) is 6.98. The average Bonchev–Trinajstić information content (AvgIpc) is 2.50. The summed E-state index contributed by atoms with van der Waals surface area (Å²) in [5.41, 5.74) is 0. The van der Waals surface area contributed by atoms with Crippen LogP contribution in [0.4, 0.5) is 0 Å². The highest BCUT2D eigenvalue weighted by Gasteiger charge is 2.03. The predicted octanol–water partition coefficient (Wildman–Crippen LogP) is 1.93. The number of aryl methyl sites for hydroxylation is 1. The van der Waals surface area contributed by atoms with Crippen LogP contribution in [0.2, 0.25) is 0 Å². The van der Waals surface area contributed by atoms with Gasteiger partial charge in [0.1, 0.15) is 5.82 Å². The fourth-order valence-corrected chi connectivity index (χ4v) is 1.54. The Balaban J connectivity index is 2.62. The molecule has 1 N–H and O–H groups in total. The van der Waals surface area contributed by atoms with Crippen LogP contribution in [-0.4, -0.2) is 28.0 Å². The standard InChI is InChI=1S/C9H17N3OS/c1-3-5-8-10-11-9(14)12(8)6-7-13-4-2/h3-7H2,1-2H3,(H,11,14). The summed E-state index contributed by atoms with van der Waals surface area (Å²) in [6.45, 7) is 6.35. The van der Waals surface area contributed by atoms with Gasteiger partial charge in [0, 0.05) is 19.6 Å². The molecule has 0 fully saturated rings. The van der Waals surface area contributed by atoms with E-state index in [2.05, 4.69) is 17.1 Å². The number of rotatable bonds is 6. The first kappa shape index (κ1) is 11.4. The van der Waals surface area contributed by atoms with Crippen LogP contribution in [0.1, 0.15) is 26.1 Å². The SMILES string of the molecule is CCCc1n[nH]c(=S)n1CCOCC. The lowest BCUT2D eigenvalue weighted by Gasteiger charge is -2.05. The van der Waals surface area contributed by atoms with E-state index in [1.54, 1.807) is 0 Å². The zero-order valence-corrected chi connectivity index (χ0v) is 9.56. The molecule has 1 heterocycles. The third kappa shape index (κ3) is 2.92. The number of nitrogens with zero attached hydrogens (tertiary/aromatic N) is 2. The van der Waals surface area contributed by atoms with Gasteiger partial charge in [0.2, 0.25) is 0 Å². The molecule has 0 saturated carbocycles. The Kier molecular flexibility index (Phi) is 4.82. The molecule has 1 aromatic heterocycles. The fourth-order valence-electron chi connectivity index (χ4n) is 1.30. The van der Waals surface area contributed by atoms with Crippen molar-refractivity contribution in [3.05, 3.63) is 10.6 Å². The Bertz CT molecular complexity index is 318. The minimum atomic E-state index is 0.688. The van der Waals surface area contributed by atoms with Gasteiger partial charge in [-0.1, -0.05) is 6.92 Å². The molecule has 0 saturated heterocycles. The zero-order valence-electron chi connectivity index (χ0n) is 8.75. The lowest BCUT2D eigenvalue weighted by atomic mass is 10.3. The Morgan fingerprint density at radius 1 is 1.50 bits per heavy atom. The van der Waals surface area contributed by atoms with Crippen molar-refractivity contribution < 1.29 is 4.74 Å². The van der Waals surface area contributed by atoms with Crippen molar-refractivity contribution in [1.29, 1.82) is 0 Å². The molecular weight excluding hydrogens is 198 g/mol. The molecule has 0 bridgehead atoms. The van der Waals surface area contributed by atoms with Crippen molar-refractivity contribution in [3.63, 3.8) is 0 Å². The molecule has 0 unspecified atom stereocenters. The van der Waals surface area contributed by atoms with E-state index in [0.29, 0.717) is 11.4 Å². The number of aromatic nitrogens is 3. The summed E-state index contributed by atoms with van der Waals surface area (Å²) in [5.74, 6) is 1.03. The molecule has 0 aliphatic heterocycles. The first-order valence-corrected chi connectivity index (χ1v) is 5.42. The summed E-state index contributed by atoms with van der Waals surface area (Å²) >= 11 is 5.13. The molecule has 0 radical (unpaired) electrons. The van der Waals surface area contributed by atoms with Gasteiger partial charge in [-0.05, 0) is 25.6 Å². The van der Waals surface area contributed by atoms with Crippen molar-refractivity contribution in [3.8, 4) is 0 Å². The molecule has 1 aromatic rings. The number of hydrogen-bond donors (Lipinski definition) is 1. The smallest absolute Gasteiger partial charge is 0.195 e. The molecule has 0 amide bonds. The molecule has 0 spiro atoms. The Labute approximate surface area is 89.3 Å². The van der Waals surface area contributed by atoms with Gasteiger partial charge in [-0.3, -0.25) is 5.10 Å². The van der Waals surface area contributed by atoms with E-state index in [0.717, 1.165) is 31.8 Å². The first-order valence-electron chi connectivity index (χ1n) is 5.01. The number of aromatic amines is 1. The largest absolute Gasteiger partial charge is 0.380 e. The summed E-state index contributed by atoms with van der Waals surface area (Å²) in [6.07, 6.45) is 2.04. The van der Waals surface area contributed by atoms with Crippen LogP contribution < -0.4 is 0 Å². The van der Waals surface area contributed by atoms with Crippen LogP contribution in [0.15, 0.2) is 0 Å². The second kappa shape index (κ2) is 5.93. The van der Waals surface area contributed by atoms with E-state index in [4.69, 9.17) is 17.0 Å². The summed E-state index contributed by atoms with van der Waals surface area (Å²) < 4.78 is 7.98. The molecule has 4 nitrogen and oxygen atoms in total. The molecule has 0 aliphatic rings. The van der Waals surface area contributed by atoms with Gasteiger partial charge in [0.15, 0.2) is 4.77 Å². The number of ether oxygens (including phenoxy) is 1. The highest BCUT2D eigenvalue weighted by molar-refractivity contribution is 7.71. The summed E-state index contributed by atoms with van der Waals surface area (Å²) in [6, 6.07) is 0. The van der Waals surface area contributed by atoms with Crippen molar-refractivity contribution in [2.24, 2.45) is 0 Å². The molecule has 0 aliphatic carbocycles. The molecule has 5 heteroatoms. The van der Waals surface area contributed by atoms with Crippen LogP contribution in [-0.2, 0) is 17.7 Å². The monoisotopic (exact) mass is 215 g/mol. The average molecular weight is 215 g/mol. The predicted molar refractivity (Wildman–Crippen MR) is 57.9 cm³/mol. The second-order valence-electron chi connectivity index (χ2n) is 3.04. The van der Waals surface area contributed by atoms with Crippen molar-refractivity contribution in [2.75, 3.05) is 13.2 Å². The van der Waals surface area contributed by atoms with E-state index >= 15 is 0 Å². The number of hydrogen-bond acceptors (Lipinski definition) is 3. The van der Waals surface area contributed by atoms with E-state index in [1.165, 1.54) is 0 Å². The molecule has 14 heavy (non-hydrogen) atoms. The van der Waals surface area contributed by atoms with Gasteiger partial charge in [0.05, 0.1) is 6.61 Å². The van der Waals surface area contributed by atoms with Crippen LogP contribution in [0.5, 0.6) is 0 Å². The minimum Gasteiger partial charge on any atom is -0.380 e. The number of nitrogens with one attached hydrogen (secondary N) is 1. The Morgan fingerprint density at radius 3 is 2.93 bits per heavy atom. The topological polar surface area (TPSA) is 42.8 Å². The van der Waals surface area contributed by atoms with Gasteiger partial charge < -0.3 is 9.30 Å². The Morgan fingerprint density at radius 2 is 2.29 bits per heavy atom. The van der Waals surface area contributed by atoms with Gasteiger partial charge in [0.25, 0.3) is 0 Å². The van der Waals surface area contributed by atoms with E-state index < -0.39 is 0 Å². The fraction of sp³-hybridized carbons (Fsp3) is 0.778. The van der Waals surface area contributed by atoms with E-state index in [1.807, 2.05) is 11.5 Å². The normalized spacial score (nSPS) is 10.7. The van der Waals surface area contributed by atoms with Gasteiger partial charge in [-0.25, -0.2) is 0 Å². The molecule has 80 valence electrons. The summed E-state index contributed by atoms with van der Waals surface area (Å²) in [4.78, 5) is 0. The second-order valence-corrected chi connectivity index (χ2v) is 3.43. The van der Waals surface area contributed by atoms with Crippen molar-refractivity contribution >= 4 is 12.2 Å². The third-order valence-electron chi connectivity index (χ3n) is 1.97. The first-order chi connectivity index (χ1) is 6.79. The van der Waals surface area contributed by atoms with Crippen molar-refractivity contribution in [1.82, 2.24) is 14.8 Å². The van der Waals surface area contributed by atoms with Crippen LogP contribution >= 0.6 is 12.2 Å². The maximum absolute atomic E-state index is 5.29. The molecule has 0 aromatic carbocycles. The maximum atomic E-state index is 5.29. The highest BCUT2D eigenvalue weighted by Crippen LogP contribution is 2.01. The zero-order chi connectivity index (χ0) is 10.4. The molecular formula is C9H17N3OS. The minimum absolute atomic E-state index is 0.688. The lowest BCUT2D eigenvalue weighted by molar-refractivity contribution is 0.138. The third-order valence-corrected chi connectivity index (χ3v) is 2.29. The van der Waals surface area contributed by atoms with Crippen LogP contribution in [0.25, 0.3) is 0 Å². The van der Waals surface area contributed by atoms with E-state index in [-0.39, 0.29) is 0 Å². The molecule has 0 atom stereocenters. The van der Waals surface area contributed by atoms with Gasteiger partial charge >= 0.3 is 0 Å². The van der Waals surface area contributed by atoms with Gasteiger partial charge in [-0.2, -0.15) is 5.10 Å². The molecule has 1 rings (SSSR count). The van der Waals surface area contributed by atoms with Crippen LogP contribution in [0, 0.1) is 4.77 Å². The quantitative estimate of drug-likeness (QED) is 0.582. The van der Waals surface area contributed by atoms with Gasteiger partial charge in [-0.15, -0.1) is 0 Å². The lowest BCUT2D eigenvalue weighted by Crippen LogP contribution is -2.09. The maximum Gasteiger partial charge on any atom is 0.195 e. The van der Waals surface area contributed by atoms with Crippen molar-refractivity contribution in [2.45, 2.75) is 33.2 Å². The Hall–Kier alpha value is -0.680. The van der Waals surface area contributed by atoms with E-state index in [9.17, 15) is 0 Å². The highest BCUT2D eigenvalue weighted by atomic mass is 32.1. The summed E-state index contributed by atoms with van der Waals surface area (Å²) in [7, 11) is 0. The van der Waals surface area contributed by atoms with Crippen LogP contribution in [0.3, 0.4) is 0 Å².